The summed E-state index contributed by atoms with van der Waals surface area (Å²) in [6.07, 6.45) is 3.42. The highest BCUT2D eigenvalue weighted by Crippen LogP contribution is 2.29. The second-order valence-electron chi connectivity index (χ2n) is 9.60. The molecule has 2 aliphatic heterocycles. The van der Waals surface area contributed by atoms with Crippen molar-refractivity contribution in [3.8, 4) is 5.75 Å². The van der Waals surface area contributed by atoms with Gasteiger partial charge in [-0.05, 0) is 88.4 Å². The summed E-state index contributed by atoms with van der Waals surface area (Å²) >= 11 is 0. The first kappa shape index (κ1) is 21.8. The number of likely N-dealkylation sites (tertiary alicyclic amines) is 1. The van der Waals surface area contributed by atoms with Crippen molar-refractivity contribution in [2.45, 2.75) is 46.1 Å². The summed E-state index contributed by atoms with van der Waals surface area (Å²) in [5, 5.41) is 2.88. The lowest BCUT2D eigenvalue weighted by atomic mass is 10.1. The van der Waals surface area contributed by atoms with Gasteiger partial charge in [-0.25, -0.2) is 9.78 Å². The third-order valence-corrected chi connectivity index (χ3v) is 7.06. The van der Waals surface area contributed by atoms with Gasteiger partial charge in [0, 0.05) is 43.1 Å². The number of aromatic nitrogens is 2. The van der Waals surface area contributed by atoms with Crippen LogP contribution in [0, 0.1) is 19.8 Å². The number of amides is 1. The Balaban J connectivity index is 1.18. The predicted molar refractivity (Wildman–Crippen MR) is 132 cm³/mol. The fourth-order valence-electron chi connectivity index (χ4n) is 5.22. The van der Waals surface area contributed by atoms with E-state index in [-0.39, 0.29) is 0 Å². The fourth-order valence-corrected chi connectivity index (χ4v) is 5.22. The van der Waals surface area contributed by atoms with E-state index in [9.17, 15) is 4.79 Å². The van der Waals surface area contributed by atoms with E-state index in [2.05, 4.69) is 44.1 Å². The molecule has 174 valence electrons. The molecule has 2 fully saturated rings. The Morgan fingerprint density at radius 2 is 2.06 bits per heavy atom. The van der Waals surface area contributed by atoms with Crippen LogP contribution >= 0.6 is 0 Å². The van der Waals surface area contributed by atoms with Gasteiger partial charge in [-0.1, -0.05) is 0 Å². The Kier molecular flexibility index (Phi) is 5.98. The van der Waals surface area contributed by atoms with Gasteiger partial charge in [0.25, 0.3) is 0 Å². The van der Waals surface area contributed by atoms with Crippen molar-refractivity contribution in [2.24, 2.45) is 5.92 Å². The number of nitrogens with one attached hydrogen (secondary N) is 2. The predicted octanol–water partition coefficient (Wildman–Crippen LogP) is 5.10. The SMILES string of the molecule is Cc1nc2cc(OC(=O)Nc3ccc(N4CCC(CN5CCCC5C)C4)cc3C)ccc2[nH]1. The summed E-state index contributed by atoms with van der Waals surface area (Å²) in [5.74, 6) is 2.03. The standard InChI is InChI=1S/C26H33N5O2/c1-17-13-21(31-12-10-20(16-31)15-30-11-4-5-18(30)2)6-8-23(17)29-26(32)33-22-7-9-24-25(14-22)28-19(3)27-24/h6-9,13-14,18,20H,4-5,10-12,15-16H2,1-3H3,(H,27,28)(H,29,32). The van der Waals surface area contributed by atoms with E-state index in [0.717, 1.165) is 53.2 Å². The van der Waals surface area contributed by atoms with Crippen LogP contribution in [0.1, 0.15) is 37.6 Å². The number of anilines is 2. The number of H-pyrrole nitrogens is 1. The third-order valence-electron chi connectivity index (χ3n) is 7.06. The number of rotatable bonds is 5. The molecule has 3 heterocycles. The largest absolute Gasteiger partial charge is 0.417 e. The van der Waals surface area contributed by atoms with E-state index >= 15 is 0 Å². The maximum Gasteiger partial charge on any atom is 0.417 e. The minimum absolute atomic E-state index is 0.469. The van der Waals surface area contributed by atoms with E-state index in [0.29, 0.717) is 5.75 Å². The van der Waals surface area contributed by atoms with Gasteiger partial charge in [0.15, 0.2) is 0 Å². The normalized spacial score (nSPS) is 21.1. The average Bonchev–Trinajstić information content (AvgIpc) is 3.49. The van der Waals surface area contributed by atoms with Gasteiger partial charge in [-0.15, -0.1) is 0 Å². The maximum atomic E-state index is 12.5. The molecule has 2 atom stereocenters. The van der Waals surface area contributed by atoms with Gasteiger partial charge < -0.3 is 19.5 Å². The van der Waals surface area contributed by atoms with Crippen LogP contribution in [0.15, 0.2) is 36.4 Å². The summed E-state index contributed by atoms with van der Waals surface area (Å²) in [5.41, 5.74) is 4.72. The van der Waals surface area contributed by atoms with Gasteiger partial charge in [0.05, 0.1) is 11.0 Å². The first-order valence-electron chi connectivity index (χ1n) is 12.0. The molecule has 0 radical (unpaired) electrons. The van der Waals surface area contributed by atoms with E-state index in [1.165, 1.54) is 38.0 Å². The highest BCUT2D eigenvalue weighted by atomic mass is 16.6. The zero-order valence-electron chi connectivity index (χ0n) is 19.7. The summed E-state index contributed by atoms with van der Waals surface area (Å²) in [6, 6.07) is 12.4. The van der Waals surface area contributed by atoms with Crippen molar-refractivity contribution in [3.05, 3.63) is 47.8 Å². The Morgan fingerprint density at radius 1 is 1.18 bits per heavy atom. The molecule has 7 nitrogen and oxygen atoms in total. The van der Waals surface area contributed by atoms with Crippen LogP contribution < -0.4 is 15.0 Å². The number of fused-ring (bicyclic) bond motifs is 1. The van der Waals surface area contributed by atoms with Gasteiger partial charge in [0.1, 0.15) is 11.6 Å². The minimum Gasteiger partial charge on any atom is -0.410 e. The van der Waals surface area contributed by atoms with Crippen LogP contribution in [0.5, 0.6) is 5.75 Å². The smallest absolute Gasteiger partial charge is 0.410 e. The zero-order valence-corrected chi connectivity index (χ0v) is 19.7. The average molecular weight is 448 g/mol. The van der Waals surface area contributed by atoms with Gasteiger partial charge in [-0.3, -0.25) is 5.32 Å². The van der Waals surface area contributed by atoms with Crippen molar-refractivity contribution in [1.29, 1.82) is 0 Å². The monoisotopic (exact) mass is 447 g/mol. The quantitative estimate of drug-likeness (QED) is 0.569. The molecule has 0 bridgehead atoms. The van der Waals surface area contributed by atoms with E-state index in [1.807, 2.05) is 26.0 Å². The van der Waals surface area contributed by atoms with Crippen LogP contribution in [0.4, 0.5) is 16.2 Å². The number of hydrogen-bond donors (Lipinski definition) is 2. The minimum atomic E-state index is -0.501. The van der Waals surface area contributed by atoms with Crippen LogP contribution in [0.25, 0.3) is 11.0 Å². The number of aromatic amines is 1. The summed E-state index contributed by atoms with van der Waals surface area (Å²) < 4.78 is 5.49. The zero-order chi connectivity index (χ0) is 22.9. The number of ether oxygens (including phenoxy) is 1. The summed E-state index contributed by atoms with van der Waals surface area (Å²) in [7, 11) is 0. The van der Waals surface area contributed by atoms with Crippen molar-refractivity contribution >= 4 is 28.5 Å². The van der Waals surface area contributed by atoms with Crippen molar-refractivity contribution in [1.82, 2.24) is 14.9 Å². The Labute approximate surface area is 195 Å². The second-order valence-corrected chi connectivity index (χ2v) is 9.60. The number of nitrogens with zero attached hydrogens (tertiary/aromatic N) is 3. The van der Waals surface area contributed by atoms with Gasteiger partial charge >= 0.3 is 6.09 Å². The molecule has 2 aromatic carbocycles. The number of hydrogen-bond acceptors (Lipinski definition) is 5. The van der Waals surface area contributed by atoms with Crippen molar-refractivity contribution in [2.75, 3.05) is 36.4 Å². The van der Waals surface area contributed by atoms with E-state index < -0.39 is 6.09 Å². The number of carbonyl (C=O) groups excluding carboxylic acids is 1. The molecule has 0 saturated carbocycles. The number of carbonyl (C=O) groups is 1. The lowest BCUT2D eigenvalue weighted by Gasteiger charge is -2.25. The number of imidazole rings is 1. The molecule has 33 heavy (non-hydrogen) atoms. The molecular formula is C26H33N5O2. The molecule has 2 N–H and O–H groups in total. The van der Waals surface area contributed by atoms with Crippen molar-refractivity contribution < 1.29 is 9.53 Å². The molecule has 0 spiro atoms. The Hall–Kier alpha value is -3.06. The van der Waals surface area contributed by atoms with E-state index in [4.69, 9.17) is 4.74 Å². The van der Waals surface area contributed by atoms with Crippen LogP contribution in [0.2, 0.25) is 0 Å². The topological polar surface area (TPSA) is 73.5 Å². The highest BCUT2D eigenvalue weighted by Gasteiger charge is 2.28. The molecule has 1 aromatic heterocycles. The van der Waals surface area contributed by atoms with Crippen LogP contribution in [-0.4, -0.2) is 53.2 Å². The lowest BCUT2D eigenvalue weighted by Crippen LogP contribution is -2.33. The highest BCUT2D eigenvalue weighted by molar-refractivity contribution is 5.88. The molecule has 2 saturated heterocycles. The molecule has 7 heteroatoms. The Bertz CT molecular complexity index is 1160. The molecule has 3 aromatic rings. The molecular weight excluding hydrogens is 414 g/mol. The maximum absolute atomic E-state index is 12.5. The molecule has 1 amide bonds. The summed E-state index contributed by atoms with van der Waals surface area (Å²) in [6.45, 7) is 10.9. The van der Waals surface area contributed by atoms with Crippen LogP contribution in [0.3, 0.4) is 0 Å². The molecule has 0 aliphatic carbocycles. The third kappa shape index (κ3) is 4.83. The number of aryl methyl sites for hydroxylation is 2. The molecule has 5 rings (SSSR count). The number of benzene rings is 2. The van der Waals surface area contributed by atoms with Gasteiger partial charge in [-0.2, -0.15) is 0 Å². The molecule has 2 aliphatic rings. The fraction of sp³-hybridized carbons (Fsp3) is 0.462. The first-order valence-corrected chi connectivity index (χ1v) is 12.0. The van der Waals surface area contributed by atoms with Gasteiger partial charge in [0.2, 0.25) is 0 Å². The van der Waals surface area contributed by atoms with Crippen molar-refractivity contribution in [3.63, 3.8) is 0 Å². The molecule has 2 unspecified atom stereocenters. The lowest BCUT2D eigenvalue weighted by molar-refractivity contribution is 0.215. The summed E-state index contributed by atoms with van der Waals surface area (Å²) in [4.78, 5) is 25.2. The van der Waals surface area contributed by atoms with E-state index in [1.54, 1.807) is 12.1 Å². The second kappa shape index (κ2) is 9.06. The van der Waals surface area contributed by atoms with Crippen LogP contribution in [-0.2, 0) is 0 Å². The first-order chi connectivity index (χ1) is 15.9. The Morgan fingerprint density at radius 3 is 2.85 bits per heavy atom.